The molecule has 130 valence electrons. The number of nitrogens with zero attached hydrogens (tertiary/aromatic N) is 3. The highest BCUT2D eigenvalue weighted by Crippen LogP contribution is 2.35. The molecule has 1 N–H and O–H groups in total. The van der Waals surface area contributed by atoms with E-state index >= 15 is 0 Å². The molecule has 0 saturated heterocycles. The second-order valence-electron chi connectivity index (χ2n) is 6.08. The molecule has 0 aliphatic rings. The molecule has 0 bridgehead atoms. The molecule has 0 unspecified atom stereocenters. The molecule has 0 atom stereocenters. The van der Waals surface area contributed by atoms with Crippen LogP contribution < -0.4 is 5.32 Å². The summed E-state index contributed by atoms with van der Waals surface area (Å²) < 4.78 is 13.1. The van der Waals surface area contributed by atoms with Crippen LogP contribution in [-0.4, -0.2) is 15.0 Å². The van der Waals surface area contributed by atoms with E-state index in [0.717, 1.165) is 27.2 Å². The molecule has 26 heavy (non-hydrogen) atoms. The average Bonchev–Trinajstić information content (AvgIpc) is 2.96. The van der Waals surface area contributed by atoms with Gasteiger partial charge >= 0.3 is 0 Å². The zero-order valence-electron chi connectivity index (χ0n) is 14.5. The van der Waals surface area contributed by atoms with E-state index in [0.29, 0.717) is 12.4 Å². The predicted octanol–water partition coefficient (Wildman–Crippen LogP) is 5.12. The largest absolute Gasteiger partial charge is 0.365 e. The van der Waals surface area contributed by atoms with Gasteiger partial charge in [0.15, 0.2) is 5.82 Å². The monoisotopic (exact) mass is 364 g/mol. The molecule has 4 nitrogen and oxygen atoms in total. The van der Waals surface area contributed by atoms with E-state index < -0.39 is 0 Å². The molecule has 0 spiro atoms. The van der Waals surface area contributed by atoms with Crippen LogP contribution in [-0.2, 0) is 6.54 Å². The molecule has 3 heterocycles. The number of fused-ring (bicyclic) bond motifs is 1. The molecule has 0 aliphatic carbocycles. The standard InChI is InChI=1S/C20H17FN4S/c1-12-13(2)26-20-17(12)19(23-10-14-5-7-16(21)8-6-14)24-18(25-20)15-4-3-9-22-11-15/h3-9,11H,10H2,1-2H3,(H,23,24,25). The molecule has 3 aromatic heterocycles. The van der Waals surface area contributed by atoms with Gasteiger partial charge in [0.05, 0.1) is 5.39 Å². The van der Waals surface area contributed by atoms with Gasteiger partial charge in [-0.2, -0.15) is 0 Å². The maximum absolute atomic E-state index is 13.1. The summed E-state index contributed by atoms with van der Waals surface area (Å²) in [5.74, 6) is 1.20. The lowest BCUT2D eigenvalue weighted by Gasteiger charge is -2.10. The van der Waals surface area contributed by atoms with Gasteiger partial charge in [0.2, 0.25) is 0 Å². The fourth-order valence-electron chi connectivity index (χ4n) is 2.79. The Morgan fingerprint density at radius 1 is 1.08 bits per heavy atom. The van der Waals surface area contributed by atoms with Crippen molar-refractivity contribution in [1.82, 2.24) is 15.0 Å². The van der Waals surface area contributed by atoms with Gasteiger partial charge in [0.25, 0.3) is 0 Å². The van der Waals surface area contributed by atoms with E-state index in [1.165, 1.54) is 22.6 Å². The minimum Gasteiger partial charge on any atom is -0.365 e. The van der Waals surface area contributed by atoms with Crippen molar-refractivity contribution in [3.8, 4) is 11.4 Å². The highest BCUT2D eigenvalue weighted by atomic mass is 32.1. The molecule has 0 aliphatic heterocycles. The lowest BCUT2D eigenvalue weighted by atomic mass is 10.2. The van der Waals surface area contributed by atoms with E-state index in [1.807, 2.05) is 12.1 Å². The van der Waals surface area contributed by atoms with Gasteiger partial charge in [-0.05, 0) is 49.2 Å². The first-order valence-corrected chi connectivity index (χ1v) is 9.10. The van der Waals surface area contributed by atoms with Crippen LogP contribution in [0.15, 0.2) is 48.8 Å². The Balaban J connectivity index is 1.76. The van der Waals surface area contributed by atoms with Crippen LogP contribution in [0.4, 0.5) is 10.2 Å². The van der Waals surface area contributed by atoms with Crippen LogP contribution in [0.1, 0.15) is 16.0 Å². The second kappa shape index (κ2) is 6.80. The van der Waals surface area contributed by atoms with Crippen LogP contribution in [0, 0.1) is 19.7 Å². The van der Waals surface area contributed by atoms with Crippen molar-refractivity contribution in [3.05, 3.63) is 70.6 Å². The third-order valence-electron chi connectivity index (χ3n) is 4.32. The number of halogens is 1. The Hall–Kier alpha value is -2.86. The third kappa shape index (κ3) is 3.15. The number of aromatic nitrogens is 3. The number of rotatable bonds is 4. The Morgan fingerprint density at radius 3 is 2.62 bits per heavy atom. The number of aryl methyl sites for hydroxylation is 2. The molecule has 4 rings (SSSR count). The van der Waals surface area contributed by atoms with E-state index in [9.17, 15) is 4.39 Å². The van der Waals surface area contributed by atoms with Crippen molar-refractivity contribution in [2.45, 2.75) is 20.4 Å². The Labute approximate surface area is 154 Å². The maximum atomic E-state index is 13.1. The molecular formula is C20H17FN4S. The van der Waals surface area contributed by atoms with Crippen molar-refractivity contribution in [1.29, 1.82) is 0 Å². The van der Waals surface area contributed by atoms with Crippen molar-refractivity contribution in [2.24, 2.45) is 0 Å². The molecule has 4 aromatic rings. The summed E-state index contributed by atoms with van der Waals surface area (Å²) >= 11 is 1.66. The molecule has 0 saturated carbocycles. The predicted molar refractivity (Wildman–Crippen MR) is 104 cm³/mol. The Bertz CT molecular complexity index is 1060. The van der Waals surface area contributed by atoms with E-state index in [2.05, 4.69) is 24.1 Å². The number of anilines is 1. The summed E-state index contributed by atoms with van der Waals surface area (Å²) in [5, 5.41) is 4.44. The van der Waals surface area contributed by atoms with Gasteiger partial charge in [-0.1, -0.05) is 12.1 Å². The summed E-state index contributed by atoms with van der Waals surface area (Å²) in [7, 11) is 0. The quantitative estimate of drug-likeness (QED) is 0.546. The highest BCUT2D eigenvalue weighted by Gasteiger charge is 2.15. The highest BCUT2D eigenvalue weighted by molar-refractivity contribution is 7.18. The minimum absolute atomic E-state index is 0.235. The van der Waals surface area contributed by atoms with E-state index in [1.54, 1.807) is 35.9 Å². The van der Waals surface area contributed by atoms with E-state index in [-0.39, 0.29) is 5.82 Å². The van der Waals surface area contributed by atoms with Crippen LogP contribution >= 0.6 is 11.3 Å². The average molecular weight is 364 g/mol. The number of hydrogen-bond donors (Lipinski definition) is 1. The van der Waals surface area contributed by atoms with Gasteiger partial charge in [-0.3, -0.25) is 4.98 Å². The third-order valence-corrected chi connectivity index (χ3v) is 5.42. The lowest BCUT2D eigenvalue weighted by Crippen LogP contribution is -2.04. The van der Waals surface area contributed by atoms with Crippen molar-refractivity contribution in [2.75, 3.05) is 5.32 Å². The fraction of sp³-hybridized carbons (Fsp3) is 0.150. The number of hydrogen-bond acceptors (Lipinski definition) is 5. The van der Waals surface area contributed by atoms with Gasteiger partial charge in [0.1, 0.15) is 16.5 Å². The second-order valence-corrected chi connectivity index (χ2v) is 7.28. The summed E-state index contributed by atoms with van der Waals surface area (Å²) in [4.78, 5) is 15.8. The first-order chi connectivity index (χ1) is 12.6. The zero-order valence-corrected chi connectivity index (χ0v) is 15.3. The zero-order chi connectivity index (χ0) is 18.1. The maximum Gasteiger partial charge on any atom is 0.164 e. The van der Waals surface area contributed by atoms with Crippen LogP contribution in [0.2, 0.25) is 0 Å². The molecular weight excluding hydrogens is 347 g/mol. The molecule has 0 fully saturated rings. The molecule has 0 amide bonds. The molecule has 0 radical (unpaired) electrons. The SMILES string of the molecule is Cc1sc2nc(-c3cccnc3)nc(NCc3ccc(F)cc3)c2c1C. The molecule has 6 heteroatoms. The fourth-order valence-corrected chi connectivity index (χ4v) is 3.82. The number of thiophene rings is 1. The van der Waals surface area contributed by atoms with Gasteiger partial charge < -0.3 is 5.32 Å². The van der Waals surface area contributed by atoms with Crippen molar-refractivity contribution >= 4 is 27.4 Å². The van der Waals surface area contributed by atoms with Crippen LogP contribution in [0.3, 0.4) is 0 Å². The Morgan fingerprint density at radius 2 is 1.88 bits per heavy atom. The number of nitrogens with one attached hydrogen (secondary N) is 1. The number of benzene rings is 1. The number of pyridine rings is 1. The Kier molecular flexibility index (Phi) is 4.34. The van der Waals surface area contributed by atoms with Gasteiger partial charge in [-0.25, -0.2) is 14.4 Å². The van der Waals surface area contributed by atoms with Crippen LogP contribution in [0.25, 0.3) is 21.6 Å². The lowest BCUT2D eigenvalue weighted by molar-refractivity contribution is 0.627. The first kappa shape index (κ1) is 16.6. The summed E-state index contributed by atoms with van der Waals surface area (Å²) in [6.07, 6.45) is 3.49. The summed E-state index contributed by atoms with van der Waals surface area (Å²) in [5.41, 5.74) is 3.05. The van der Waals surface area contributed by atoms with Gasteiger partial charge in [-0.15, -0.1) is 11.3 Å². The minimum atomic E-state index is -0.235. The van der Waals surface area contributed by atoms with E-state index in [4.69, 9.17) is 9.97 Å². The normalized spacial score (nSPS) is 11.0. The van der Waals surface area contributed by atoms with Gasteiger partial charge in [0, 0.05) is 29.4 Å². The summed E-state index contributed by atoms with van der Waals surface area (Å²) in [6, 6.07) is 10.3. The summed E-state index contributed by atoms with van der Waals surface area (Å²) in [6.45, 7) is 4.74. The smallest absolute Gasteiger partial charge is 0.164 e. The van der Waals surface area contributed by atoms with Crippen LogP contribution in [0.5, 0.6) is 0 Å². The van der Waals surface area contributed by atoms with Crippen molar-refractivity contribution < 1.29 is 4.39 Å². The molecule has 1 aromatic carbocycles. The van der Waals surface area contributed by atoms with Crippen molar-refractivity contribution in [3.63, 3.8) is 0 Å². The first-order valence-electron chi connectivity index (χ1n) is 8.28. The topological polar surface area (TPSA) is 50.7 Å².